The number of azide groups is 1. The van der Waals surface area contributed by atoms with Crippen molar-refractivity contribution in [2.45, 2.75) is 18.9 Å². The van der Waals surface area contributed by atoms with E-state index < -0.39 is 0 Å². The number of benzene rings is 1. The Bertz CT molecular complexity index is 627. The Morgan fingerprint density at radius 3 is 3.05 bits per heavy atom. The number of hydrogen-bond acceptors (Lipinski definition) is 2. The third kappa shape index (κ3) is 3.05. The average Bonchev–Trinajstić information content (AvgIpc) is 2.82. The first kappa shape index (κ1) is 13.0. The molecule has 2 aromatic rings. The predicted octanol–water partition coefficient (Wildman–Crippen LogP) is 2.53. The molecule has 0 aliphatic rings. The number of aromatic amines is 1. The van der Waals surface area contributed by atoms with E-state index in [-0.39, 0.29) is 18.4 Å². The van der Waals surface area contributed by atoms with Gasteiger partial charge in [0.25, 0.3) is 0 Å². The molecule has 98 valence electrons. The smallest absolute Gasteiger partial charge is 0.220 e. The van der Waals surface area contributed by atoms with Crippen LogP contribution in [0.15, 0.2) is 35.6 Å². The summed E-state index contributed by atoms with van der Waals surface area (Å²) in [5, 5.41) is 7.34. The summed E-state index contributed by atoms with van der Waals surface area (Å²) in [4.78, 5) is 17.4. The molecule has 0 spiro atoms. The first-order valence-corrected chi connectivity index (χ1v) is 6.04. The maximum atomic E-state index is 11.4. The Labute approximate surface area is 110 Å². The van der Waals surface area contributed by atoms with E-state index in [1.54, 1.807) is 7.05 Å². The molecule has 0 radical (unpaired) electrons. The van der Waals surface area contributed by atoms with E-state index in [0.29, 0.717) is 6.42 Å². The van der Waals surface area contributed by atoms with Crippen LogP contribution in [0.4, 0.5) is 0 Å². The van der Waals surface area contributed by atoms with E-state index >= 15 is 0 Å². The van der Waals surface area contributed by atoms with Gasteiger partial charge in [0.05, 0.1) is 6.04 Å². The maximum absolute atomic E-state index is 11.4. The molecule has 0 saturated carbocycles. The fraction of sp³-hybridized carbons (Fsp3) is 0.308. The van der Waals surface area contributed by atoms with Crippen LogP contribution in [0.1, 0.15) is 12.0 Å². The number of aromatic nitrogens is 1. The first-order valence-electron chi connectivity index (χ1n) is 6.04. The Morgan fingerprint density at radius 2 is 2.32 bits per heavy atom. The molecule has 1 aromatic heterocycles. The summed E-state index contributed by atoms with van der Waals surface area (Å²) in [5.41, 5.74) is 10.7. The highest BCUT2D eigenvalue weighted by Gasteiger charge is 2.14. The van der Waals surface area contributed by atoms with Crippen LogP contribution in [0.25, 0.3) is 21.3 Å². The zero-order valence-corrected chi connectivity index (χ0v) is 10.6. The molecular formula is C13H15N5O. The monoisotopic (exact) mass is 257 g/mol. The SMILES string of the molecule is CNC(=O)CC(Cc1c[nH]c2ccccc12)N=[N+]=[N-]. The molecule has 0 bridgehead atoms. The number of nitrogens with one attached hydrogen (secondary N) is 2. The van der Waals surface area contributed by atoms with Crippen molar-refractivity contribution in [2.75, 3.05) is 7.05 Å². The minimum atomic E-state index is -0.371. The molecule has 19 heavy (non-hydrogen) atoms. The van der Waals surface area contributed by atoms with Gasteiger partial charge < -0.3 is 10.3 Å². The van der Waals surface area contributed by atoms with Crippen molar-refractivity contribution < 1.29 is 4.79 Å². The van der Waals surface area contributed by atoms with Crippen LogP contribution < -0.4 is 5.32 Å². The molecule has 0 aliphatic heterocycles. The molecule has 0 saturated heterocycles. The topological polar surface area (TPSA) is 93.6 Å². The van der Waals surface area contributed by atoms with Gasteiger partial charge >= 0.3 is 0 Å². The van der Waals surface area contributed by atoms with Crippen LogP contribution in [0, 0.1) is 0 Å². The number of carbonyl (C=O) groups excluding carboxylic acids is 1. The fourth-order valence-corrected chi connectivity index (χ4v) is 2.10. The Morgan fingerprint density at radius 1 is 1.53 bits per heavy atom. The summed E-state index contributed by atoms with van der Waals surface area (Å²) in [6.45, 7) is 0. The van der Waals surface area contributed by atoms with Crippen molar-refractivity contribution >= 4 is 16.8 Å². The summed E-state index contributed by atoms with van der Waals surface area (Å²) in [5.74, 6) is -0.128. The molecule has 2 rings (SSSR count). The molecular weight excluding hydrogens is 242 g/mol. The molecule has 1 aromatic carbocycles. The highest BCUT2D eigenvalue weighted by atomic mass is 16.1. The van der Waals surface area contributed by atoms with Crippen molar-refractivity contribution in [3.05, 3.63) is 46.5 Å². The Kier molecular flexibility index (Phi) is 4.05. The number of amides is 1. The third-order valence-electron chi connectivity index (χ3n) is 3.05. The van der Waals surface area contributed by atoms with Gasteiger partial charge in [-0.3, -0.25) is 4.79 Å². The Hall–Kier alpha value is -2.46. The van der Waals surface area contributed by atoms with Crippen molar-refractivity contribution in [2.24, 2.45) is 5.11 Å². The predicted molar refractivity (Wildman–Crippen MR) is 73.6 cm³/mol. The molecule has 1 heterocycles. The zero-order chi connectivity index (χ0) is 13.7. The molecule has 0 fully saturated rings. The highest BCUT2D eigenvalue weighted by molar-refractivity contribution is 5.83. The molecule has 6 heteroatoms. The van der Waals surface area contributed by atoms with Crippen LogP contribution in [-0.4, -0.2) is 24.0 Å². The molecule has 1 amide bonds. The van der Waals surface area contributed by atoms with Crippen LogP contribution in [0.3, 0.4) is 0 Å². The van der Waals surface area contributed by atoms with Crippen LogP contribution in [0.2, 0.25) is 0 Å². The van der Waals surface area contributed by atoms with Gasteiger partial charge in [-0.15, -0.1) is 0 Å². The second-order valence-electron chi connectivity index (χ2n) is 4.30. The van der Waals surface area contributed by atoms with Crippen LogP contribution >= 0.6 is 0 Å². The minimum Gasteiger partial charge on any atom is -0.361 e. The fourth-order valence-electron chi connectivity index (χ4n) is 2.10. The molecule has 2 N–H and O–H groups in total. The van der Waals surface area contributed by atoms with Gasteiger partial charge in [0.1, 0.15) is 0 Å². The number of para-hydroxylation sites is 1. The van der Waals surface area contributed by atoms with Gasteiger partial charge in [-0.25, -0.2) is 0 Å². The van der Waals surface area contributed by atoms with Gasteiger partial charge in [-0.05, 0) is 23.6 Å². The largest absolute Gasteiger partial charge is 0.361 e. The lowest BCUT2D eigenvalue weighted by Crippen LogP contribution is -2.23. The molecule has 0 aliphatic carbocycles. The molecule has 6 nitrogen and oxygen atoms in total. The van der Waals surface area contributed by atoms with Gasteiger partial charge in [0, 0.05) is 35.5 Å². The second kappa shape index (κ2) is 5.93. The number of hydrogen-bond donors (Lipinski definition) is 2. The van der Waals surface area contributed by atoms with Crippen molar-refractivity contribution in [1.29, 1.82) is 0 Å². The van der Waals surface area contributed by atoms with Crippen molar-refractivity contribution in [1.82, 2.24) is 10.3 Å². The lowest BCUT2D eigenvalue weighted by molar-refractivity contribution is -0.120. The third-order valence-corrected chi connectivity index (χ3v) is 3.05. The number of fused-ring (bicyclic) bond motifs is 1. The molecule has 1 atom stereocenters. The lowest BCUT2D eigenvalue weighted by atomic mass is 10.0. The van der Waals surface area contributed by atoms with E-state index in [0.717, 1.165) is 16.5 Å². The quantitative estimate of drug-likeness (QED) is 0.480. The summed E-state index contributed by atoms with van der Waals surface area (Å²) in [6, 6.07) is 7.54. The highest BCUT2D eigenvalue weighted by Crippen LogP contribution is 2.20. The first-order chi connectivity index (χ1) is 9.24. The van der Waals surface area contributed by atoms with E-state index in [4.69, 9.17) is 5.53 Å². The summed E-state index contributed by atoms with van der Waals surface area (Å²) < 4.78 is 0. The minimum absolute atomic E-state index is 0.128. The molecule has 1 unspecified atom stereocenters. The van der Waals surface area contributed by atoms with Crippen molar-refractivity contribution in [3.63, 3.8) is 0 Å². The lowest BCUT2D eigenvalue weighted by Gasteiger charge is -2.09. The number of nitrogens with zero attached hydrogens (tertiary/aromatic N) is 3. The number of H-pyrrole nitrogens is 1. The van der Waals surface area contributed by atoms with Crippen molar-refractivity contribution in [3.8, 4) is 0 Å². The van der Waals surface area contributed by atoms with E-state index in [1.807, 2.05) is 30.5 Å². The van der Waals surface area contributed by atoms with Gasteiger partial charge in [0.15, 0.2) is 0 Å². The van der Waals surface area contributed by atoms with Gasteiger partial charge in [-0.2, -0.15) is 0 Å². The normalized spacial score (nSPS) is 11.8. The standard InChI is InChI=1S/C13H15N5O/c1-15-13(19)7-10(17-18-14)6-9-8-16-12-5-3-2-4-11(9)12/h2-5,8,10,16H,6-7H2,1H3,(H,15,19). The number of carbonyl (C=O) groups is 1. The average molecular weight is 257 g/mol. The van der Waals surface area contributed by atoms with Crippen LogP contribution in [0.5, 0.6) is 0 Å². The zero-order valence-electron chi connectivity index (χ0n) is 10.6. The summed E-state index contributed by atoms with van der Waals surface area (Å²) >= 11 is 0. The van der Waals surface area contributed by atoms with Crippen LogP contribution in [-0.2, 0) is 11.2 Å². The maximum Gasteiger partial charge on any atom is 0.220 e. The van der Waals surface area contributed by atoms with E-state index in [2.05, 4.69) is 20.3 Å². The van der Waals surface area contributed by atoms with E-state index in [1.165, 1.54) is 0 Å². The summed E-state index contributed by atoms with van der Waals surface area (Å²) in [7, 11) is 1.57. The van der Waals surface area contributed by atoms with E-state index in [9.17, 15) is 4.79 Å². The summed E-state index contributed by atoms with van der Waals surface area (Å²) in [6.07, 6.45) is 2.63. The Balaban J connectivity index is 2.21. The van der Waals surface area contributed by atoms with Gasteiger partial charge in [0.2, 0.25) is 5.91 Å². The second-order valence-corrected chi connectivity index (χ2v) is 4.30. The van der Waals surface area contributed by atoms with Gasteiger partial charge in [-0.1, -0.05) is 23.3 Å². The number of rotatable bonds is 5.